The van der Waals surface area contributed by atoms with E-state index >= 15 is 0 Å². The SMILES string of the molecule is CC1CCCCN1c1cc(-c2ccccc2)n(C)[n+]1C.[I-]. The van der Waals surface area contributed by atoms with E-state index in [0.717, 1.165) is 0 Å². The first-order chi connectivity index (χ1) is 9.68. The van der Waals surface area contributed by atoms with Gasteiger partial charge in [0.1, 0.15) is 7.05 Å². The Labute approximate surface area is 144 Å². The highest BCUT2D eigenvalue weighted by atomic mass is 127. The van der Waals surface area contributed by atoms with E-state index in [1.807, 2.05) is 0 Å². The second-order valence-corrected chi connectivity index (χ2v) is 5.84. The maximum atomic E-state index is 2.55. The van der Waals surface area contributed by atoms with E-state index < -0.39 is 0 Å². The molecule has 1 aromatic carbocycles. The largest absolute Gasteiger partial charge is 1.00 e. The van der Waals surface area contributed by atoms with Crippen LogP contribution in [0.15, 0.2) is 36.4 Å². The van der Waals surface area contributed by atoms with E-state index in [-0.39, 0.29) is 24.0 Å². The second-order valence-electron chi connectivity index (χ2n) is 5.84. The number of hydrogen-bond acceptors (Lipinski definition) is 1. The van der Waals surface area contributed by atoms with Crippen LogP contribution in [0.3, 0.4) is 0 Å². The summed E-state index contributed by atoms with van der Waals surface area (Å²) in [5.74, 6) is 1.33. The number of nitrogens with zero attached hydrogens (tertiary/aromatic N) is 3. The molecule has 21 heavy (non-hydrogen) atoms. The molecule has 0 bridgehead atoms. The van der Waals surface area contributed by atoms with Gasteiger partial charge < -0.3 is 24.0 Å². The fourth-order valence-electron chi connectivity index (χ4n) is 3.21. The Hall–Kier alpha value is -1.04. The zero-order chi connectivity index (χ0) is 14.1. The minimum Gasteiger partial charge on any atom is -1.00 e. The van der Waals surface area contributed by atoms with Crippen molar-refractivity contribution in [1.29, 1.82) is 0 Å². The molecule has 2 heterocycles. The van der Waals surface area contributed by atoms with E-state index in [1.54, 1.807) is 0 Å². The lowest BCUT2D eigenvalue weighted by Gasteiger charge is -2.27. The summed E-state index contributed by atoms with van der Waals surface area (Å²) in [5, 5.41) is 0. The molecule has 114 valence electrons. The molecule has 0 saturated carbocycles. The van der Waals surface area contributed by atoms with Crippen LogP contribution in [-0.4, -0.2) is 17.3 Å². The van der Waals surface area contributed by atoms with Gasteiger partial charge in [0.25, 0.3) is 5.82 Å². The van der Waals surface area contributed by atoms with Crippen LogP contribution in [0.1, 0.15) is 26.2 Å². The number of aromatic nitrogens is 2. The maximum absolute atomic E-state index is 2.55. The Balaban J connectivity index is 0.00000161. The number of hydrogen-bond donors (Lipinski definition) is 0. The molecular formula is C17H24IN3. The molecule has 3 rings (SSSR count). The summed E-state index contributed by atoms with van der Waals surface area (Å²) in [6.45, 7) is 3.52. The Morgan fingerprint density at radius 3 is 2.52 bits per heavy atom. The van der Waals surface area contributed by atoms with Gasteiger partial charge in [0.2, 0.25) is 0 Å². The lowest BCUT2D eigenvalue weighted by Crippen LogP contribution is -3.00. The van der Waals surface area contributed by atoms with Crippen LogP contribution >= 0.6 is 0 Å². The van der Waals surface area contributed by atoms with E-state index in [1.165, 1.54) is 42.9 Å². The van der Waals surface area contributed by atoms with Crippen molar-refractivity contribution in [3.8, 4) is 11.3 Å². The summed E-state index contributed by atoms with van der Waals surface area (Å²) in [6.07, 6.45) is 3.97. The molecule has 1 atom stereocenters. The molecule has 0 amide bonds. The summed E-state index contributed by atoms with van der Waals surface area (Å²) >= 11 is 0. The van der Waals surface area contributed by atoms with Gasteiger partial charge in [-0.3, -0.25) is 4.90 Å². The molecule has 1 aromatic heterocycles. The third-order valence-corrected chi connectivity index (χ3v) is 4.56. The standard InChI is InChI=1S/C17H24N3.HI/c1-14-9-7-8-12-20(14)17-13-16(18(2)19(17)3)15-10-5-4-6-11-15;/h4-6,10-11,13-14H,7-9,12H2,1-3H3;1H/q+1;/p-1. The Morgan fingerprint density at radius 2 is 1.86 bits per heavy atom. The van der Waals surface area contributed by atoms with Crippen molar-refractivity contribution in [1.82, 2.24) is 4.68 Å². The summed E-state index contributed by atoms with van der Waals surface area (Å²) in [5.41, 5.74) is 2.56. The normalized spacial score (nSPS) is 18.4. The monoisotopic (exact) mass is 397 g/mol. The molecule has 1 aliphatic rings. The average Bonchev–Trinajstić information content (AvgIpc) is 2.77. The zero-order valence-electron chi connectivity index (χ0n) is 13.1. The van der Waals surface area contributed by atoms with Gasteiger partial charge in [-0.05, 0) is 26.2 Å². The van der Waals surface area contributed by atoms with Gasteiger partial charge in [-0.15, -0.1) is 0 Å². The van der Waals surface area contributed by atoms with Crippen molar-refractivity contribution < 1.29 is 28.7 Å². The molecule has 0 N–H and O–H groups in total. The predicted molar refractivity (Wildman–Crippen MR) is 82.7 cm³/mol. The van der Waals surface area contributed by atoms with Crippen LogP contribution in [0, 0.1) is 0 Å². The minimum absolute atomic E-state index is 0. The second kappa shape index (κ2) is 6.81. The summed E-state index contributed by atoms with van der Waals surface area (Å²) in [4.78, 5) is 2.55. The highest BCUT2D eigenvalue weighted by molar-refractivity contribution is 5.62. The molecule has 3 nitrogen and oxygen atoms in total. The topological polar surface area (TPSA) is 12.1 Å². The Bertz CT molecular complexity index is 592. The maximum Gasteiger partial charge on any atom is 0.297 e. The van der Waals surface area contributed by atoms with Gasteiger partial charge in [-0.2, -0.15) is 4.68 Å². The molecule has 1 fully saturated rings. The third-order valence-electron chi connectivity index (χ3n) is 4.56. The molecule has 0 aliphatic carbocycles. The molecule has 1 saturated heterocycles. The molecule has 1 unspecified atom stereocenters. The number of piperidine rings is 1. The van der Waals surface area contributed by atoms with Crippen molar-refractivity contribution >= 4 is 5.82 Å². The quantitative estimate of drug-likeness (QED) is 0.509. The van der Waals surface area contributed by atoms with Crippen molar-refractivity contribution in [2.45, 2.75) is 32.2 Å². The molecule has 4 heteroatoms. The average molecular weight is 397 g/mol. The zero-order valence-corrected chi connectivity index (χ0v) is 15.2. The van der Waals surface area contributed by atoms with Crippen molar-refractivity contribution in [2.24, 2.45) is 14.1 Å². The molecular weight excluding hydrogens is 373 g/mol. The first kappa shape index (κ1) is 16.3. The van der Waals surface area contributed by atoms with E-state index in [9.17, 15) is 0 Å². The van der Waals surface area contributed by atoms with E-state index in [0.29, 0.717) is 6.04 Å². The molecule has 1 aliphatic heterocycles. The van der Waals surface area contributed by atoms with E-state index in [2.05, 4.69) is 71.7 Å². The van der Waals surface area contributed by atoms with Crippen LogP contribution in [-0.2, 0) is 14.1 Å². The summed E-state index contributed by atoms with van der Waals surface area (Å²) < 4.78 is 4.51. The molecule has 2 aromatic rings. The first-order valence-corrected chi connectivity index (χ1v) is 7.56. The van der Waals surface area contributed by atoms with Crippen LogP contribution in [0.4, 0.5) is 5.82 Å². The fourth-order valence-corrected chi connectivity index (χ4v) is 3.21. The number of rotatable bonds is 2. The lowest BCUT2D eigenvalue weighted by molar-refractivity contribution is -0.739. The smallest absolute Gasteiger partial charge is 0.297 e. The van der Waals surface area contributed by atoms with Crippen LogP contribution < -0.4 is 33.6 Å². The number of halogens is 1. The van der Waals surface area contributed by atoms with Crippen LogP contribution in [0.5, 0.6) is 0 Å². The van der Waals surface area contributed by atoms with Gasteiger partial charge in [0.05, 0.1) is 24.3 Å². The van der Waals surface area contributed by atoms with Crippen LogP contribution in [0.2, 0.25) is 0 Å². The van der Waals surface area contributed by atoms with Gasteiger partial charge in [0, 0.05) is 12.6 Å². The Kier molecular flexibility index (Phi) is 5.30. The highest BCUT2D eigenvalue weighted by Crippen LogP contribution is 2.26. The third kappa shape index (κ3) is 3.10. The summed E-state index contributed by atoms with van der Waals surface area (Å²) in [6, 6.07) is 13.6. The molecule has 0 spiro atoms. The number of benzene rings is 1. The minimum atomic E-state index is 0. The van der Waals surface area contributed by atoms with Gasteiger partial charge in [0.15, 0.2) is 0 Å². The van der Waals surface area contributed by atoms with Crippen molar-refractivity contribution in [3.63, 3.8) is 0 Å². The van der Waals surface area contributed by atoms with Crippen LogP contribution in [0.25, 0.3) is 11.3 Å². The predicted octanol–water partition coefficient (Wildman–Crippen LogP) is -0.101. The fraction of sp³-hybridized carbons (Fsp3) is 0.471. The highest BCUT2D eigenvalue weighted by Gasteiger charge is 2.30. The summed E-state index contributed by atoms with van der Waals surface area (Å²) in [7, 11) is 4.30. The van der Waals surface area contributed by atoms with Gasteiger partial charge >= 0.3 is 0 Å². The van der Waals surface area contributed by atoms with Crippen molar-refractivity contribution in [2.75, 3.05) is 11.4 Å². The lowest BCUT2D eigenvalue weighted by atomic mass is 10.0. The van der Waals surface area contributed by atoms with Crippen molar-refractivity contribution in [3.05, 3.63) is 36.4 Å². The number of anilines is 1. The molecule has 0 radical (unpaired) electrons. The van der Waals surface area contributed by atoms with Gasteiger partial charge in [-0.1, -0.05) is 30.3 Å². The Morgan fingerprint density at radius 1 is 1.14 bits per heavy atom. The van der Waals surface area contributed by atoms with Gasteiger partial charge in [-0.25, -0.2) is 4.68 Å². The first-order valence-electron chi connectivity index (χ1n) is 7.56. The van der Waals surface area contributed by atoms with E-state index in [4.69, 9.17) is 0 Å².